The maximum absolute atomic E-state index is 9.95. The molecule has 1 aromatic carbocycles. The third kappa shape index (κ3) is 5.81. The SMILES string of the molecule is CCNC(=NCC1CCCC1O)NCCCn1c(C)nc2ccccc21.I. The number of nitrogens with one attached hydrogen (secondary N) is 2. The number of benzene rings is 1. The summed E-state index contributed by atoms with van der Waals surface area (Å²) in [6.45, 7) is 7.45. The number of hydrogen-bond acceptors (Lipinski definition) is 3. The molecule has 7 heteroatoms. The van der Waals surface area contributed by atoms with E-state index in [2.05, 4.69) is 57.2 Å². The van der Waals surface area contributed by atoms with Crippen LogP contribution in [-0.2, 0) is 6.54 Å². The van der Waals surface area contributed by atoms with Crippen LogP contribution in [0.15, 0.2) is 29.3 Å². The third-order valence-electron chi connectivity index (χ3n) is 5.14. The van der Waals surface area contributed by atoms with Crippen molar-refractivity contribution in [2.45, 2.75) is 52.2 Å². The van der Waals surface area contributed by atoms with Crippen molar-refractivity contribution < 1.29 is 5.11 Å². The maximum atomic E-state index is 9.95. The van der Waals surface area contributed by atoms with Crippen LogP contribution in [-0.4, -0.2) is 46.4 Å². The highest BCUT2D eigenvalue weighted by Gasteiger charge is 2.24. The fraction of sp³-hybridized carbons (Fsp3) is 0.600. The van der Waals surface area contributed by atoms with Gasteiger partial charge in [0.2, 0.25) is 0 Å². The Morgan fingerprint density at radius 1 is 1.30 bits per heavy atom. The Morgan fingerprint density at radius 2 is 2.11 bits per heavy atom. The number of aryl methyl sites for hydroxylation is 2. The molecule has 0 spiro atoms. The highest BCUT2D eigenvalue weighted by atomic mass is 127. The van der Waals surface area contributed by atoms with Crippen molar-refractivity contribution in [1.82, 2.24) is 20.2 Å². The molecule has 0 amide bonds. The van der Waals surface area contributed by atoms with Gasteiger partial charge in [0, 0.05) is 32.1 Å². The predicted octanol–water partition coefficient (Wildman–Crippen LogP) is 3.07. The van der Waals surface area contributed by atoms with Gasteiger partial charge in [-0.25, -0.2) is 4.98 Å². The number of aliphatic hydroxyl groups excluding tert-OH is 1. The first-order valence-electron chi connectivity index (χ1n) is 9.81. The van der Waals surface area contributed by atoms with Crippen LogP contribution in [0.4, 0.5) is 0 Å². The Morgan fingerprint density at radius 3 is 2.85 bits per heavy atom. The fourth-order valence-electron chi connectivity index (χ4n) is 3.70. The molecular weight excluding hydrogens is 453 g/mol. The molecule has 150 valence electrons. The Bertz CT molecular complexity index is 745. The number of aliphatic hydroxyl groups is 1. The zero-order valence-corrected chi connectivity index (χ0v) is 18.6. The van der Waals surface area contributed by atoms with E-state index >= 15 is 0 Å². The first-order chi connectivity index (χ1) is 12.7. The number of rotatable bonds is 7. The van der Waals surface area contributed by atoms with E-state index in [1.165, 1.54) is 5.52 Å². The molecule has 1 aromatic heterocycles. The van der Waals surface area contributed by atoms with Gasteiger partial charge in [-0.3, -0.25) is 4.99 Å². The van der Waals surface area contributed by atoms with Crippen molar-refractivity contribution in [2.24, 2.45) is 10.9 Å². The van der Waals surface area contributed by atoms with E-state index in [0.717, 1.165) is 62.6 Å². The van der Waals surface area contributed by atoms with Gasteiger partial charge >= 0.3 is 0 Å². The summed E-state index contributed by atoms with van der Waals surface area (Å²) in [6.07, 6.45) is 3.93. The molecule has 0 radical (unpaired) electrons. The number of aromatic nitrogens is 2. The monoisotopic (exact) mass is 485 g/mol. The van der Waals surface area contributed by atoms with Gasteiger partial charge in [0.15, 0.2) is 5.96 Å². The number of halogens is 1. The van der Waals surface area contributed by atoms with Gasteiger partial charge in [-0.05, 0) is 45.2 Å². The zero-order valence-electron chi connectivity index (χ0n) is 16.3. The van der Waals surface area contributed by atoms with Crippen LogP contribution >= 0.6 is 24.0 Å². The lowest BCUT2D eigenvalue weighted by Crippen LogP contribution is -2.38. The lowest BCUT2D eigenvalue weighted by atomic mass is 10.1. The molecule has 0 bridgehead atoms. The third-order valence-corrected chi connectivity index (χ3v) is 5.14. The second-order valence-electron chi connectivity index (χ2n) is 7.06. The molecule has 1 aliphatic rings. The highest BCUT2D eigenvalue weighted by Crippen LogP contribution is 2.25. The predicted molar refractivity (Wildman–Crippen MR) is 122 cm³/mol. The van der Waals surface area contributed by atoms with E-state index in [0.29, 0.717) is 12.5 Å². The molecule has 2 unspecified atom stereocenters. The number of para-hydroxylation sites is 2. The van der Waals surface area contributed by atoms with E-state index in [-0.39, 0.29) is 30.1 Å². The largest absolute Gasteiger partial charge is 0.393 e. The Balaban J connectivity index is 0.00000261. The van der Waals surface area contributed by atoms with Crippen LogP contribution in [0, 0.1) is 12.8 Å². The van der Waals surface area contributed by atoms with E-state index < -0.39 is 0 Å². The molecule has 1 heterocycles. The van der Waals surface area contributed by atoms with Crippen LogP contribution in [0.25, 0.3) is 11.0 Å². The van der Waals surface area contributed by atoms with Crippen molar-refractivity contribution in [1.29, 1.82) is 0 Å². The minimum atomic E-state index is -0.181. The highest BCUT2D eigenvalue weighted by molar-refractivity contribution is 14.0. The number of guanidine groups is 1. The summed E-state index contributed by atoms with van der Waals surface area (Å²) in [6, 6.07) is 8.28. The lowest BCUT2D eigenvalue weighted by molar-refractivity contribution is 0.136. The van der Waals surface area contributed by atoms with Gasteiger partial charge in [-0.15, -0.1) is 24.0 Å². The molecule has 3 N–H and O–H groups in total. The molecule has 2 aromatic rings. The van der Waals surface area contributed by atoms with Crippen molar-refractivity contribution in [3.63, 3.8) is 0 Å². The molecule has 0 saturated heterocycles. The summed E-state index contributed by atoms with van der Waals surface area (Å²) in [5, 5.41) is 16.7. The number of nitrogens with zero attached hydrogens (tertiary/aromatic N) is 3. The summed E-state index contributed by atoms with van der Waals surface area (Å²) in [4.78, 5) is 9.28. The smallest absolute Gasteiger partial charge is 0.191 e. The Labute approximate surface area is 178 Å². The summed E-state index contributed by atoms with van der Waals surface area (Å²) in [5.41, 5.74) is 2.25. The van der Waals surface area contributed by atoms with E-state index in [1.807, 2.05) is 6.07 Å². The van der Waals surface area contributed by atoms with E-state index in [9.17, 15) is 5.11 Å². The Kier molecular flexibility index (Phi) is 8.82. The minimum absolute atomic E-state index is 0. The molecule has 6 nitrogen and oxygen atoms in total. The molecule has 1 saturated carbocycles. The number of hydrogen-bond donors (Lipinski definition) is 3. The first kappa shape index (κ1) is 21.9. The average Bonchev–Trinajstić information content (AvgIpc) is 3.19. The van der Waals surface area contributed by atoms with Crippen LogP contribution in [0.3, 0.4) is 0 Å². The van der Waals surface area contributed by atoms with Crippen LogP contribution in [0.5, 0.6) is 0 Å². The summed E-state index contributed by atoms with van der Waals surface area (Å²) < 4.78 is 2.27. The van der Waals surface area contributed by atoms with Crippen molar-refractivity contribution in [3.05, 3.63) is 30.1 Å². The van der Waals surface area contributed by atoms with Gasteiger partial charge in [0.25, 0.3) is 0 Å². The quantitative estimate of drug-likeness (QED) is 0.244. The standard InChI is InChI=1S/C20H31N5O.HI/c1-3-21-20(23-14-16-8-6-11-19(16)26)22-12-7-13-25-15(2)24-17-9-4-5-10-18(17)25;/h4-5,9-10,16,19,26H,3,6-8,11-14H2,1-2H3,(H2,21,22,23);1H. The molecule has 3 rings (SSSR count). The summed E-state index contributed by atoms with van der Waals surface area (Å²) in [5.74, 6) is 2.21. The Hall–Kier alpha value is -1.35. The lowest BCUT2D eigenvalue weighted by Gasteiger charge is -2.15. The van der Waals surface area contributed by atoms with Crippen LogP contribution in [0.1, 0.15) is 38.4 Å². The molecule has 0 aliphatic heterocycles. The van der Waals surface area contributed by atoms with Gasteiger partial charge in [-0.2, -0.15) is 0 Å². The molecule has 1 aliphatic carbocycles. The van der Waals surface area contributed by atoms with Crippen molar-refractivity contribution >= 4 is 41.0 Å². The van der Waals surface area contributed by atoms with Gasteiger partial charge in [-0.1, -0.05) is 18.6 Å². The average molecular weight is 485 g/mol. The maximum Gasteiger partial charge on any atom is 0.191 e. The number of aliphatic imine (C=N–C) groups is 1. The van der Waals surface area contributed by atoms with Crippen LogP contribution in [0.2, 0.25) is 0 Å². The number of fused-ring (bicyclic) bond motifs is 1. The van der Waals surface area contributed by atoms with E-state index in [1.54, 1.807) is 0 Å². The topological polar surface area (TPSA) is 74.5 Å². The molecular formula is C20H32IN5O. The molecule has 1 fully saturated rings. The van der Waals surface area contributed by atoms with Crippen molar-refractivity contribution in [2.75, 3.05) is 19.6 Å². The van der Waals surface area contributed by atoms with Gasteiger partial charge in [0.05, 0.1) is 17.1 Å². The minimum Gasteiger partial charge on any atom is -0.393 e. The van der Waals surface area contributed by atoms with Crippen molar-refractivity contribution in [3.8, 4) is 0 Å². The second-order valence-corrected chi connectivity index (χ2v) is 7.06. The second kappa shape index (κ2) is 10.8. The molecule has 2 atom stereocenters. The number of imidazole rings is 1. The van der Waals surface area contributed by atoms with Gasteiger partial charge < -0.3 is 20.3 Å². The normalized spacial score (nSPS) is 19.9. The summed E-state index contributed by atoms with van der Waals surface area (Å²) >= 11 is 0. The van der Waals surface area contributed by atoms with Gasteiger partial charge in [0.1, 0.15) is 5.82 Å². The zero-order chi connectivity index (χ0) is 18.4. The fourth-order valence-corrected chi connectivity index (χ4v) is 3.70. The molecule has 27 heavy (non-hydrogen) atoms. The summed E-state index contributed by atoms with van der Waals surface area (Å²) in [7, 11) is 0. The van der Waals surface area contributed by atoms with Crippen LogP contribution < -0.4 is 10.6 Å². The first-order valence-corrected chi connectivity index (χ1v) is 9.81. The van der Waals surface area contributed by atoms with E-state index in [4.69, 9.17) is 0 Å².